The van der Waals surface area contributed by atoms with Crippen LogP contribution in [0.5, 0.6) is 11.5 Å². The summed E-state index contributed by atoms with van der Waals surface area (Å²) >= 11 is 3.36. The number of carbonyl (C=O) groups is 2. The molecule has 0 bridgehead atoms. The summed E-state index contributed by atoms with van der Waals surface area (Å²) < 4.78 is 11.7. The molecule has 0 radical (unpaired) electrons. The number of amides is 2. The first kappa shape index (κ1) is 21.6. The molecule has 0 aliphatic rings. The van der Waals surface area contributed by atoms with Gasteiger partial charge in [0, 0.05) is 4.47 Å². The Morgan fingerprint density at radius 3 is 2.30 bits per heavy atom. The predicted octanol–water partition coefficient (Wildman–Crippen LogP) is 4.33. The van der Waals surface area contributed by atoms with Crippen LogP contribution in [0.15, 0.2) is 65.1 Å². The van der Waals surface area contributed by atoms with Crippen LogP contribution >= 0.6 is 15.9 Å². The number of carbonyl (C=O) groups excluding carboxylic acids is 2. The summed E-state index contributed by atoms with van der Waals surface area (Å²) in [6, 6.07) is 18.8. The average molecular weight is 471 g/mol. The molecule has 156 valence electrons. The minimum atomic E-state index is -0.773. The Morgan fingerprint density at radius 1 is 0.867 bits per heavy atom. The lowest BCUT2D eigenvalue weighted by Crippen LogP contribution is -2.48. The van der Waals surface area contributed by atoms with Crippen molar-refractivity contribution in [3.05, 3.63) is 70.7 Å². The first-order valence-corrected chi connectivity index (χ1v) is 10.3. The van der Waals surface area contributed by atoms with Crippen molar-refractivity contribution in [3.63, 3.8) is 0 Å². The third-order valence-corrected chi connectivity index (χ3v) is 5.25. The number of nitrogens with one attached hydrogen (secondary N) is 2. The van der Waals surface area contributed by atoms with E-state index in [1.54, 1.807) is 33.1 Å². The highest BCUT2D eigenvalue weighted by molar-refractivity contribution is 9.10. The van der Waals surface area contributed by atoms with Crippen molar-refractivity contribution in [1.82, 2.24) is 10.9 Å². The van der Waals surface area contributed by atoms with Gasteiger partial charge >= 0.3 is 0 Å². The molecule has 1 unspecified atom stereocenters. The fraction of sp³-hybridized carbons (Fsp3) is 0.217. The quantitative estimate of drug-likeness (QED) is 0.525. The number of methoxy groups -OCH3 is 1. The Kier molecular flexibility index (Phi) is 6.95. The molecule has 2 N–H and O–H groups in total. The molecule has 0 aliphatic heterocycles. The van der Waals surface area contributed by atoms with Crippen LogP contribution in [0, 0.1) is 0 Å². The number of halogens is 1. The number of fused-ring (bicyclic) bond motifs is 1. The molecular formula is C23H23BrN2O4. The molecule has 3 rings (SSSR count). The first-order valence-electron chi connectivity index (χ1n) is 9.47. The van der Waals surface area contributed by atoms with Gasteiger partial charge in [-0.3, -0.25) is 20.4 Å². The number of hydrogen-bond donors (Lipinski definition) is 2. The van der Waals surface area contributed by atoms with Crippen LogP contribution in [0.3, 0.4) is 0 Å². The van der Waals surface area contributed by atoms with Crippen molar-refractivity contribution in [1.29, 1.82) is 0 Å². The van der Waals surface area contributed by atoms with Crippen molar-refractivity contribution in [2.45, 2.75) is 25.9 Å². The number of hydrogen-bond acceptors (Lipinski definition) is 4. The van der Waals surface area contributed by atoms with Crippen LogP contribution < -0.4 is 20.3 Å². The van der Waals surface area contributed by atoms with Crippen molar-refractivity contribution in [2.75, 3.05) is 7.11 Å². The van der Waals surface area contributed by atoms with Gasteiger partial charge in [-0.2, -0.15) is 0 Å². The average Bonchev–Trinajstić information content (AvgIpc) is 2.75. The maximum atomic E-state index is 12.5. The van der Waals surface area contributed by atoms with Crippen molar-refractivity contribution in [2.24, 2.45) is 0 Å². The standard InChI is InChI=1S/C23H23BrN2O4/c1-14(16-7-8-18-12-20(29-3)10-9-17(18)11-16)22(27)25-26-23(28)15(2)30-21-6-4-5-19(24)13-21/h4-15H,1-3H3,(H,25,27)(H,26,28)/t14-,15?/m0/s1. The van der Waals surface area contributed by atoms with Gasteiger partial charge in [0.15, 0.2) is 6.10 Å². The number of benzene rings is 3. The van der Waals surface area contributed by atoms with E-state index in [1.807, 2.05) is 48.5 Å². The predicted molar refractivity (Wildman–Crippen MR) is 119 cm³/mol. The van der Waals surface area contributed by atoms with Gasteiger partial charge in [0.05, 0.1) is 13.0 Å². The lowest BCUT2D eigenvalue weighted by molar-refractivity contribution is -0.133. The van der Waals surface area contributed by atoms with Gasteiger partial charge in [-0.05, 0) is 60.5 Å². The second-order valence-electron chi connectivity index (χ2n) is 6.89. The van der Waals surface area contributed by atoms with Crippen LogP contribution in [0.4, 0.5) is 0 Å². The molecule has 7 heteroatoms. The van der Waals surface area contributed by atoms with Crippen molar-refractivity contribution < 1.29 is 19.1 Å². The minimum Gasteiger partial charge on any atom is -0.497 e. The van der Waals surface area contributed by atoms with E-state index in [0.29, 0.717) is 5.75 Å². The van der Waals surface area contributed by atoms with E-state index in [2.05, 4.69) is 26.8 Å². The second kappa shape index (κ2) is 9.63. The number of hydrazine groups is 1. The second-order valence-corrected chi connectivity index (χ2v) is 7.81. The molecule has 0 saturated carbocycles. The molecule has 2 amide bonds. The monoisotopic (exact) mass is 470 g/mol. The Balaban J connectivity index is 1.58. The van der Waals surface area contributed by atoms with E-state index in [4.69, 9.17) is 9.47 Å². The van der Waals surface area contributed by atoms with E-state index in [0.717, 1.165) is 26.6 Å². The molecule has 3 aromatic rings. The molecule has 0 aromatic heterocycles. The fourth-order valence-corrected chi connectivity index (χ4v) is 3.30. The molecule has 0 saturated heterocycles. The molecule has 2 atom stereocenters. The maximum absolute atomic E-state index is 12.5. The smallest absolute Gasteiger partial charge is 0.279 e. The molecule has 0 fully saturated rings. The third kappa shape index (κ3) is 5.30. The van der Waals surface area contributed by atoms with Gasteiger partial charge in [-0.25, -0.2) is 0 Å². The van der Waals surface area contributed by atoms with E-state index in [1.165, 1.54) is 0 Å². The summed E-state index contributed by atoms with van der Waals surface area (Å²) in [5.74, 6) is 0.132. The summed E-state index contributed by atoms with van der Waals surface area (Å²) in [6.07, 6.45) is -0.773. The zero-order valence-electron chi connectivity index (χ0n) is 16.9. The summed E-state index contributed by atoms with van der Waals surface area (Å²) in [4.78, 5) is 24.8. The summed E-state index contributed by atoms with van der Waals surface area (Å²) in [5, 5.41) is 2.03. The van der Waals surface area contributed by atoms with Crippen LogP contribution in [0.1, 0.15) is 25.3 Å². The zero-order valence-corrected chi connectivity index (χ0v) is 18.5. The van der Waals surface area contributed by atoms with Gasteiger partial charge in [0.25, 0.3) is 5.91 Å². The van der Waals surface area contributed by atoms with E-state index >= 15 is 0 Å². The minimum absolute atomic E-state index is 0.314. The highest BCUT2D eigenvalue weighted by Gasteiger charge is 2.19. The summed E-state index contributed by atoms with van der Waals surface area (Å²) in [7, 11) is 1.63. The van der Waals surface area contributed by atoms with Crippen LogP contribution in [-0.2, 0) is 9.59 Å². The first-order chi connectivity index (χ1) is 14.4. The normalized spacial score (nSPS) is 12.7. The SMILES string of the molecule is COc1ccc2cc([C@H](C)C(=O)NNC(=O)C(C)Oc3cccc(Br)c3)ccc2c1. The van der Waals surface area contributed by atoms with Gasteiger partial charge in [0.2, 0.25) is 5.91 Å². The molecule has 0 heterocycles. The molecule has 0 spiro atoms. The fourth-order valence-electron chi connectivity index (χ4n) is 2.92. The van der Waals surface area contributed by atoms with Crippen molar-refractivity contribution >= 4 is 38.5 Å². The van der Waals surface area contributed by atoms with Gasteiger partial charge < -0.3 is 9.47 Å². The van der Waals surface area contributed by atoms with E-state index < -0.39 is 17.9 Å². The topological polar surface area (TPSA) is 76.7 Å². The Morgan fingerprint density at radius 2 is 1.57 bits per heavy atom. The Labute approximate surface area is 183 Å². The van der Waals surface area contributed by atoms with Crippen LogP contribution in [0.2, 0.25) is 0 Å². The van der Waals surface area contributed by atoms with Gasteiger partial charge in [0.1, 0.15) is 11.5 Å². The molecule has 3 aromatic carbocycles. The summed E-state index contributed by atoms with van der Waals surface area (Å²) in [6.45, 7) is 3.40. The Hall–Kier alpha value is -3.06. The van der Waals surface area contributed by atoms with E-state index in [-0.39, 0.29) is 5.91 Å². The van der Waals surface area contributed by atoms with Crippen LogP contribution in [0.25, 0.3) is 10.8 Å². The molecule has 6 nitrogen and oxygen atoms in total. The lowest BCUT2D eigenvalue weighted by Gasteiger charge is -2.17. The highest BCUT2D eigenvalue weighted by Crippen LogP contribution is 2.25. The number of ether oxygens (including phenoxy) is 2. The summed E-state index contributed by atoms with van der Waals surface area (Å²) in [5.41, 5.74) is 5.75. The van der Waals surface area contributed by atoms with Gasteiger partial charge in [-0.1, -0.05) is 46.3 Å². The largest absolute Gasteiger partial charge is 0.497 e. The zero-order chi connectivity index (χ0) is 21.7. The Bertz CT molecular complexity index is 1070. The maximum Gasteiger partial charge on any atom is 0.279 e. The molecular weight excluding hydrogens is 448 g/mol. The van der Waals surface area contributed by atoms with E-state index in [9.17, 15) is 9.59 Å². The molecule has 0 aliphatic carbocycles. The van der Waals surface area contributed by atoms with Crippen LogP contribution in [-0.4, -0.2) is 25.0 Å². The lowest BCUT2D eigenvalue weighted by atomic mass is 9.97. The van der Waals surface area contributed by atoms with Gasteiger partial charge in [-0.15, -0.1) is 0 Å². The third-order valence-electron chi connectivity index (χ3n) is 4.75. The highest BCUT2D eigenvalue weighted by atomic mass is 79.9. The molecule has 30 heavy (non-hydrogen) atoms. The van der Waals surface area contributed by atoms with Crippen molar-refractivity contribution in [3.8, 4) is 11.5 Å². The number of rotatable bonds is 6.